The zero-order valence-electron chi connectivity index (χ0n) is 13.5. The molecule has 21 heavy (non-hydrogen) atoms. The van der Waals surface area contributed by atoms with E-state index in [4.69, 9.17) is 0 Å². The van der Waals surface area contributed by atoms with Gasteiger partial charge in [-0.25, -0.2) is 0 Å². The van der Waals surface area contributed by atoms with Crippen molar-refractivity contribution in [3.63, 3.8) is 0 Å². The Labute approximate surface area is 128 Å². The molecule has 0 spiro atoms. The quantitative estimate of drug-likeness (QED) is 0.925. The lowest BCUT2D eigenvalue weighted by Gasteiger charge is -2.48. The molecule has 2 saturated heterocycles. The van der Waals surface area contributed by atoms with Crippen LogP contribution in [0.2, 0.25) is 0 Å². The number of nitrogens with zero attached hydrogens (tertiary/aromatic N) is 3. The van der Waals surface area contributed by atoms with E-state index in [2.05, 4.69) is 52.3 Å². The number of rotatable bonds is 3. The molecule has 1 aromatic heterocycles. The number of piperidine rings is 1. The Bertz CT molecular complexity index is 458. The Balaban J connectivity index is 1.73. The molecule has 4 heteroatoms. The molecule has 2 aliphatic heterocycles. The van der Waals surface area contributed by atoms with E-state index in [1.165, 1.54) is 38.0 Å². The molecule has 4 nitrogen and oxygen atoms in total. The molecule has 116 valence electrons. The van der Waals surface area contributed by atoms with Crippen molar-refractivity contribution in [2.75, 3.05) is 31.6 Å². The zero-order valence-corrected chi connectivity index (χ0v) is 13.5. The number of hydrogen-bond donors (Lipinski definition) is 1. The van der Waals surface area contributed by atoms with Crippen molar-refractivity contribution in [2.45, 2.75) is 51.2 Å². The second kappa shape index (κ2) is 6.32. The summed E-state index contributed by atoms with van der Waals surface area (Å²) in [5.74, 6) is 0. The number of aromatic nitrogens is 1. The van der Waals surface area contributed by atoms with Crippen LogP contribution in [0.4, 0.5) is 5.69 Å². The summed E-state index contributed by atoms with van der Waals surface area (Å²) in [4.78, 5) is 9.88. The van der Waals surface area contributed by atoms with Gasteiger partial charge in [-0.1, -0.05) is 6.42 Å². The molecule has 0 amide bonds. The number of anilines is 1. The Morgan fingerprint density at radius 1 is 1.29 bits per heavy atom. The van der Waals surface area contributed by atoms with Gasteiger partial charge >= 0.3 is 0 Å². The van der Waals surface area contributed by atoms with Crippen LogP contribution in [0.3, 0.4) is 0 Å². The summed E-state index contributed by atoms with van der Waals surface area (Å²) in [5.41, 5.74) is 2.39. The Hall–Kier alpha value is -1.13. The molecule has 0 bridgehead atoms. The molecule has 3 unspecified atom stereocenters. The molecule has 3 heterocycles. The van der Waals surface area contributed by atoms with E-state index in [0.717, 1.165) is 18.3 Å². The van der Waals surface area contributed by atoms with Crippen molar-refractivity contribution in [3.05, 3.63) is 24.0 Å². The second-order valence-electron chi connectivity index (χ2n) is 6.60. The van der Waals surface area contributed by atoms with Crippen LogP contribution in [0.15, 0.2) is 18.3 Å². The zero-order chi connectivity index (χ0) is 14.8. The molecule has 3 rings (SSSR count). The fourth-order valence-electron chi connectivity index (χ4n) is 3.68. The van der Waals surface area contributed by atoms with E-state index in [9.17, 15) is 0 Å². The lowest BCUT2D eigenvalue weighted by molar-refractivity contribution is 0.115. The van der Waals surface area contributed by atoms with Crippen molar-refractivity contribution >= 4 is 5.69 Å². The summed E-state index contributed by atoms with van der Waals surface area (Å²) in [6.45, 7) is 8.13. The minimum Gasteiger partial charge on any atom is -0.365 e. The Kier molecular flexibility index (Phi) is 4.45. The van der Waals surface area contributed by atoms with Gasteiger partial charge in [0.05, 0.1) is 17.6 Å². The fraction of sp³-hybridized carbons (Fsp3) is 0.706. The van der Waals surface area contributed by atoms with Crippen molar-refractivity contribution in [1.82, 2.24) is 15.2 Å². The molecule has 2 fully saturated rings. The van der Waals surface area contributed by atoms with Crippen LogP contribution in [-0.4, -0.2) is 48.6 Å². The van der Waals surface area contributed by atoms with Gasteiger partial charge in [-0.15, -0.1) is 0 Å². The lowest BCUT2D eigenvalue weighted by atomic mass is 9.97. The average Bonchev–Trinajstić information content (AvgIpc) is 2.53. The molecule has 0 saturated carbocycles. The molecule has 3 atom stereocenters. The van der Waals surface area contributed by atoms with Gasteiger partial charge in [0.25, 0.3) is 0 Å². The van der Waals surface area contributed by atoms with Crippen LogP contribution in [-0.2, 0) is 0 Å². The first-order valence-corrected chi connectivity index (χ1v) is 8.33. The molecule has 0 aliphatic carbocycles. The predicted molar refractivity (Wildman–Crippen MR) is 87.7 cm³/mol. The first-order chi connectivity index (χ1) is 10.2. The van der Waals surface area contributed by atoms with E-state index < -0.39 is 0 Å². The van der Waals surface area contributed by atoms with Crippen LogP contribution in [0.1, 0.15) is 44.8 Å². The smallest absolute Gasteiger partial charge is 0.0571 e. The van der Waals surface area contributed by atoms with Gasteiger partial charge in [0.2, 0.25) is 0 Å². The third-order valence-corrected chi connectivity index (χ3v) is 5.17. The fourth-order valence-corrected chi connectivity index (χ4v) is 3.68. The van der Waals surface area contributed by atoms with Gasteiger partial charge in [0, 0.05) is 31.2 Å². The standard InChI is InChI=1S/C17H28N4/c1-13-11-20-9-5-4-6-16(20)12-21(13)15-7-8-17(19-10-15)14(2)18-3/h7-8,10,13-14,16,18H,4-6,9,11-12H2,1-3H3. The van der Waals surface area contributed by atoms with E-state index in [0.29, 0.717) is 12.1 Å². The maximum Gasteiger partial charge on any atom is 0.0571 e. The minimum absolute atomic E-state index is 0.312. The number of piperazine rings is 1. The van der Waals surface area contributed by atoms with E-state index in [1.807, 2.05) is 7.05 Å². The van der Waals surface area contributed by atoms with Crippen molar-refractivity contribution < 1.29 is 0 Å². The van der Waals surface area contributed by atoms with Gasteiger partial charge in [-0.3, -0.25) is 9.88 Å². The summed E-state index contributed by atoms with van der Waals surface area (Å²) in [7, 11) is 1.98. The van der Waals surface area contributed by atoms with E-state index >= 15 is 0 Å². The van der Waals surface area contributed by atoms with E-state index in [-0.39, 0.29) is 0 Å². The minimum atomic E-state index is 0.312. The van der Waals surface area contributed by atoms with Crippen LogP contribution >= 0.6 is 0 Å². The summed E-state index contributed by atoms with van der Waals surface area (Å²) >= 11 is 0. The molecule has 0 aromatic carbocycles. The van der Waals surface area contributed by atoms with Gasteiger partial charge < -0.3 is 10.2 Å². The van der Waals surface area contributed by atoms with Crippen LogP contribution in [0.25, 0.3) is 0 Å². The van der Waals surface area contributed by atoms with Crippen molar-refractivity contribution in [2.24, 2.45) is 0 Å². The topological polar surface area (TPSA) is 31.4 Å². The summed E-state index contributed by atoms with van der Waals surface area (Å²) in [6.07, 6.45) is 6.17. The summed E-state index contributed by atoms with van der Waals surface area (Å²) < 4.78 is 0. The molecular weight excluding hydrogens is 260 g/mol. The SMILES string of the molecule is CNC(C)c1ccc(N2CC3CCCCN3CC2C)cn1. The highest BCUT2D eigenvalue weighted by atomic mass is 15.3. The number of nitrogens with one attached hydrogen (secondary N) is 1. The molecule has 2 aliphatic rings. The second-order valence-corrected chi connectivity index (χ2v) is 6.60. The van der Waals surface area contributed by atoms with Crippen LogP contribution < -0.4 is 10.2 Å². The molecular formula is C17H28N4. The Morgan fingerprint density at radius 3 is 2.86 bits per heavy atom. The molecule has 1 N–H and O–H groups in total. The third kappa shape index (κ3) is 3.06. The number of pyridine rings is 1. The van der Waals surface area contributed by atoms with Gasteiger partial charge in [-0.2, -0.15) is 0 Å². The maximum atomic E-state index is 4.65. The van der Waals surface area contributed by atoms with Gasteiger partial charge in [0.1, 0.15) is 0 Å². The maximum absolute atomic E-state index is 4.65. The predicted octanol–water partition coefficient (Wildman–Crippen LogP) is 2.43. The largest absolute Gasteiger partial charge is 0.365 e. The highest BCUT2D eigenvalue weighted by Crippen LogP contribution is 2.28. The molecule has 1 aromatic rings. The van der Waals surface area contributed by atoms with Crippen molar-refractivity contribution in [1.29, 1.82) is 0 Å². The summed E-state index contributed by atoms with van der Waals surface area (Å²) in [5, 5.41) is 3.24. The van der Waals surface area contributed by atoms with Crippen molar-refractivity contribution in [3.8, 4) is 0 Å². The third-order valence-electron chi connectivity index (χ3n) is 5.17. The average molecular weight is 288 g/mol. The highest BCUT2D eigenvalue weighted by Gasteiger charge is 2.33. The highest BCUT2D eigenvalue weighted by molar-refractivity contribution is 5.47. The monoisotopic (exact) mass is 288 g/mol. The molecule has 0 radical (unpaired) electrons. The first kappa shape index (κ1) is 14.8. The number of fused-ring (bicyclic) bond motifs is 1. The normalized spacial score (nSPS) is 28.2. The Morgan fingerprint density at radius 2 is 2.14 bits per heavy atom. The first-order valence-electron chi connectivity index (χ1n) is 8.33. The van der Waals surface area contributed by atoms with Gasteiger partial charge in [-0.05, 0) is 52.4 Å². The van der Waals surface area contributed by atoms with Gasteiger partial charge in [0.15, 0.2) is 0 Å². The van der Waals surface area contributed by atoms with Crippen LogP contribution in [0.5, 0.6) is 0 Å². The summed E-state index contributed by atoms with van der Waals surface area (Å²) in [6, 6.07) is 6.04. The van der Waals surface area contributed by atoms with Crippen LogP contribution in [0, 0.1) is 0 Å². The number of hydrogen-bond acceptors (Lipinski definition) is 4. The lowest BCUT2D eigenvalue weighted by Crippen LogP contribution is -2.58. The van der Waals surface area contributed by atoms with E-state index in [1.54, 1.807) is 0 Å².